The van der Waals surface area contributed by atoms with Gasteiger partial charge in [-0.1, -0.05) is 12.1 Å². The van der Waals surface area contributed by atoms with Crippen molar-refractivity contribution in [2.75, 3.05) is 13.7 Å². The average molecular weight is 394 g/mol. The van der Waals surface area contributed by atoms with Crippen molar-refractivity contribution in [3.05, 3.63) is 63.7 Å². The summed E-state index contributed by atoms with van der Waals surface area (Å²) in [5.41, 5.74) is 0.731. The van der Waals surface area contributed by atoms with Crippen LogP contribution in [0.15, 0.2) is 42.5 Å². The number of nitro groups is 1. The molecule has 1 amide bonds. The lowest BCUT2D eigenvalue weighted by atomic mass is 10.1. The number of ether oxygens (including phenoxy) is 2. The van der Waals surface area contributed by atoms with Crippen molar-refractivity contribution >= 4 is 11.6 Å². The van der Waals surface area contributed by atoms with Gasteiger partial charge in [-0.3, -0.25) is 14.9 Å². The lowest BCUT2D eigenvalue weighted by Gasteiger charge is -2.25. The molecule has 0 saturated carbocycles. The maximum atomic E-state index is 12.8. The van der Waals surface area contributed by atoms with Crippen LogP contribution in [0.5, 0.6) is 11.5 Å². The summed E-state index contributed by atoms with van der Waals surface area (Å²) in [7, 11) is 1.55. The topological polar surface area (TPSA) is 81.9 Å². The van der Waals surface area contributed by atoms with Gasteiger partial charge in [-0.15, -0.1) is 0 Å². The molecular formula is C19H20F2N2O5. The lowest BCUT2D eigenvalue weighted by Crippen LogP contribution is -2.29. The van der Waals surface area contributed by atoms with Gasteiger partial charge in [-0.05, 0) is 37.6 Å². The van der Waals surface area contributed by atoms with E-state index in [0.717, 1.165) is 0 Å². The normalized spacial score (nSPS) is 11.8. The Kier molecular flexibility index (Phi) is 6.86. The molecule has 150 valence electrons. The molecule has 0 spiro atoms. The number of nitrogens with zero attached hydrogens (tertiary/aromatic N) is 2. The molecule has 0 unspecified atom stereocenters. The Bertz CT molecular complexity index is 860. The summed E-state index contributed by atoms with van der Waals surface area (Å²) >= 11 is 0. The van der Waals surface area contributed by atoms with Gasteiger partial charge >= 0.3 is 6.61 Å². The third-order valence-electron chi connectivity index (χ3n) is 4.17. The number of nitro benzene ring substituents is 1. The van der Waals surface area contributed by atoms with Gasteiger partial charge in [-0.25, -0.2) is 0 Å². The van der Waals surface area contributed by atoms with Crippen LogP contribution < -0.4 is 9.47 Å². The molecule has 2 aromatic rings. The Hall–Kier alpha value is -3.23. The van der Waals surface area contributed by atoms with E-state index in [2.05, 4.69) is 4.74 Å². The number of halogens is 2. The highest BCUT2D eigenvalue weighted by molar-refractivity contribution is 5.95. The minimum Gasteiger partial charge on any atom is -0.490 e. The van der Waals surface area contributed by atoms with Crippen molar-refractivity contribution < 1.29 is 28.0 Å². The first-order valence-corrected chi connectivity index (χ1v) is 8.47. The number of carbonyl (C=O) groups excluding carboxylic acids is 1. The second-order valence-corrected chi connectivity index (χ2v) is 5.92. The van der Waals surface area contributed by atoms with Crippen molar-refractivity contribution in [2.45, 2.75) is 26.5 Å². The van der Waals surface area contributed by atoms with Crippen molar-refractivity contribution in [3.8, 4) is 11.5 Å². The van der Waals surface area contributed by atoms with Crippen molar-refractivity contribution in [2.24, 2.45) is 0 Å². The van der Waals surface area contributed by atoms with E-state index < -0.39 is 23.5 Å². The van der Waals surface area contributed by atoms with Gasteiger partial charge < -0.3 is 14.4 Å². The van der Waals surface area contributed by atoms with E-state index in [1.165, 1.54) is 35.2 Å². The van der Waals surface area contributed by atoms with Gasteiger partial charge in [-0.2, -0.15) is 8.78 Å². The van der Waals surface area contributed by atoms with Crippen LogP contribution in [0.4, 0.5) is 14.5 Å². The first-order valence-electron chi connectivity index (χ1n) is 8.47. The summed E-state index contributed by atoms with van der Waals surface area (Å²) in [6.45, 7) is 0.598. The van der Waals surface area contributed by atoms with Crippen LogP contribution in [0, 0.1) is 10.1 Å². The minimum atomic E-state index is -3.02. The molecular weight excluding hydrogens is 374 g/mol. The van der Waals surface area contributed by atoms with Crippen LogP contribution in [0.3, 0.4) is 0 Å². The quantitative estimate of drug-likeness (QED) is 0.489. The lowest BCUT2D eigenvalue weighted by molar-refractivity contribution is -0.384. The molecule has 2 aromatic carbocycles. The second-order valence-electron chi connectivity index (χ2n) is 5.92. The molecule has 0 fully saturated rings. The predicted octanol–water partition coefficient (Wildman–Crippen LogP) is 4.43. The summed E-state index contributed by atoms with van der Waals surface area (Å²) in [5, 5.41) is 11.0. The summed E-state index contributed by atoms with van der Waals surface area (Å²) in [6.07, 6.45) is 0. The molecule has 0 bridgehead atoms. The first-order chi connectivity index (χ1) is 13.2. The number of alkyl halides is 2. The number of benzene rings is 2. The van der Waals surface area contributed by atoms with Crippen LogP contribution in [0.25, 0.3) is 0 Å². The Morgan fingerprint density at radius 1 is 1.21 bits per heavy atom. The summed E-state index contributed by atoms with van der Waals surface area (Å²) in [5.74, 6) is -0.531. The van der Waals surface area contributed by atoms with Crippen molar-refractivity contribution in [1.29, 1.82) is 0 Å². The van der Waals surface area contributed by atoms with Crippen LogP contribution in [-0.4, -0.2) is 36.0 Å². The fraction of sp³-hybridized carbons (Fsp3) is 0.316. The molecule has 0 aromatic heterocycles. The molecule has 2 rings (SSSR count). The largest absolute Gasteiger partial charge is 0.490 e. The molecule has 0 aliphatic heterocycles. The van der Waals surface area contributed by atoms with Crippen molar-refractivity contribution in [1.82, 2.24) is 4.90 Å². The van der Waals surface area contributed by atoms with E-state index in [0.29, 0.717) is 5.56 Å². The van der Waals surface area contributed by atoms with Gasteiger partial charge in [0.2, 0.25) is 0 Å². The molecule has 28 heavy (non-hydrogen) atoms. The van der Waals surface area contributed by atoms with Gasteiger partial charge in [0.1, 0.15) is 0 Å². The number of hydrogen-bond donors (Lipinski definition) is 0. The predicted molar refractivity (Wildman–Crippen MR) is 97.8 cm³/mol. The van der Waals surface area contributed by atoms with Gasteiger partial charge in [0.15, 0.2) is 11.5 Å². The fourth-order valence-electron chi connectivity index (χ4n) is 2.60. The summed E-state index contributed by atoms with van der Waals surface area (Å²) < 4.78 is 34.7. The maximum absolute atomic E-state index is 12.8. The number of hydrogen-bond acceptors (Lipinski definition) is 5. The Morgan fingerprint density at radius 2 is 1.93 bits per heavy atom. The molecule has 0 radical (unpaired) electrons. The Labute approximate surface area is 160 Å². The molecule has 0 N–H and O–H groups in total. The van der Waals surface area contributed by atoms with E-state index in [9.17, 15) is 23.7 Å². The molecule has 0 heterocycles. The van der Waals surface area contributed by atoms with Crippen LogP contribution in [-0.2, 0) is 0 Å². The van der Waals surface area contributed by atoms with Gasteiger partial charge in [0.05, 0.1) is 17.6 Å². The third-order valence-corrected chi connectivity index (χ3v) is 4.17. The molecule has 0 saturated heterocycles. The number of non-ortho nitro benzene ring substituents is 1. The molecule has 0 aliphatic carbocycles. The minimum absolute atomic E-state index is 0.0325. The first kappa shape index (κ1) is 21.1. The average Bonchev–Trinajstić information content (AvgIpc) is 2.67. The van der Waals surface area contributed by atoms with E-state index in [-0.39, 0.29) is 29.4 Å². The maximum Gasteiger partial charge on any atom is 0.387 e. The zero-order valence-corrected chi connectivity index (χ0v) is 15.6. The number of carbonyl (C=O) groups is 1. The van der Waals surface area contributed by atoms with Gasteiger partial charge in [0.25, 0.3) is 11.6 Å². The highest BCUT2D eigenvalue weighted by Crippen LogP contribution is 2.31. The fourth-order valence-corrected chi connectivity index (χ4v) is 2.60. The third kappa shape index (κ3) is 4.93. The van der Waals surface area contributed by atoms with Crippen LogP contribution in [0.1, 0.15) is 35.8 Å². The van der Waals surface area contributed by atoms with Crippen LogP contribution >= 0.6 is 0 Å². The van der Waals surface area contributed by atoms with E-state index in [1.807, 2.05) is 0 Å². The van der Waals surface area contributed by atoms with Gasteiger partial charge in [0, 0.05) is 24.7 Å². The number of amides is 1. The second kappa shape index (κ2) is 9.12. The Morgan fingerprint density at radius 3 is 2.54 bits per heavy atom. The molecule has 1 atom stereocenters. The molecule has 7 nitrogen and oxygen atoms in total. The SMILES string of the molecule is CCOc1cc(C(=O)N(C)[C@@H](C)c2cccc([N+](=O)[O-])c2)ccc1OC(F)F. The standard InChI is InChI=1S/C19H20F2N2O5/c1-4-27-17-11-14(8-9-16(17)28-19(20)21)18(24)22(3)12(2)13-6-5-7-15(10-13)23(25)26/h5-12,19H,4H2,1-3H3/t12-/m0/s1. The zero-order chi connectivity index (χ0) is 20.8. The summed E-state index contributed by atoms with van der Waals surface area (Å²) in [6, 6.07) is 9.49. The zero-order valence-electron chi connectivity index (χ0n) is 15.6. The van der Waals surface area contributed by atoms with E-state index >= 15 is 0 Å². The number of rotatable bonds is 8. The monoisotopic (exact) mass is 394 g/mol. The van der Waals surface area contributed by atoms with E-state index in [1.54, 1.807) is 33.0 Å². The van der Waals surface area contributed by atoms with Crippen LogP contribution in [0.2, 0.25) is 0 Å². The smallest absolute Gasteiger partial charge is 0.387 e. The Balaban J connectivity index is 2.27. The van der Waals surface area contributed by atoms with Crippen molar-refractivity contribution in [3.63, 3.8) is 0 Å². The highest BCUT2D eigenvalue weighted by Gasteiger charge is 2.22. The molecule has 9 heteroatoms. The van der Waals surface area contributed by atoms with E-state index in [4.69, 9.17) is 4.74 Å². The molecule has 0 aliphatic rings. The summed E-state index contributed by atoms with van der Waals surface area (Å²) in [4.78, 5) is 24.7. The highest BCUT2D eigenvalue weighted by atomic mass is 19.3.